The summed E-state index contributed by atoms with van der Waals surface area (Å²) in [6.45, 7) is 2.83. The van der Waals surface area contributed by atoms with Crippen molar-refractivity contribution in [2.75, 3.05) is 13.2 Å². The summed E-state index contributed by atoms with van der Waals surface area (Å²) in [7, 11) is 0. The first-order valence-electron chi connectivity index (χ1n) is 6.93. The highest BCUT2D eigenvalue weighted by Gasteiger charge is 2.07. The van der Waals surface area contributed by atoms with Crippen LogP contribution >= 0.6 is 12.2 Å². The summed E-state index contributed by atoms with van der Waals surface area (Å²) in [5.41, 5.74) is 6.25. The molecule has 0 aliphatic carbocycles. The van der Waals surface area contributed by atoms with Crippen LogP contribution in [-0.4, -0.2) is 24.0 Å². The van der Waals surface area contributed by atoms with Crippen LogP contribution in [0.1, 0.15) is 38.2 Å². The number of carbonyl (C=O) groups is 1. The second kappa shape index (κ2) is 9.31. The Balaban J connectivity index is 2.32. The monoisotopic (exact) mass is 294 g/mol. The lowest BCUT2D eigenvalue weighted by atomic mass is 10.2. The maximum absolute atomic E-state index is 11.6. The van der Waals surface area contributed by atoms with Crippen molar-refractivity contribution >= 4 is 23.1 Å². The van der Waals surface area contributed by atoms with Gasteiger partial charge in [0.2, 0.25) is 0 Å². The zero-order chi connectivity index (χ0) is 14.8. The molecular weight excluding hydrogens is 272 g/mol. The van der Waals surface area contributed by atoms with Crippen LogP contribution < -0.4 is 15.8 Å². The molecule has 0 saturated heterocycles. The van der Waals surface area contributed by atoms with E-state index >= 15 is 0 Å². The van der Waals surface area contributed by atoms with Gasteiger partial charge in [-0.25, -0.2) is 0 Å². The van der Waals surface area contributed by atoms with E-state index in [4.69, 9.17) is 22.7 Å². The third kappa shape index (κ3) is 6.02. The van der Waals surface area contributed by atoms with Gasteiger partial charge in [-0.2, -0.15) is 0 Å². The number of nitrogens with two attached hydrogens (primary N) is 1. The van der Waals surface area contributed by atoms with E-state index in [1.165, 1.54) is 12.8 Å². The Morgan fingerprint density at radius 1 is 1.30 bits per heavy atom. The molecule has 1 aromatic rings. The maximum atomic E-state index is 11.6. The number of para-hydroxylation sites is 1. The molecule has 0 radical (unpaired) electrons. The number of carbonyl (C=O) groups excluding carboxylic acids is 1. The van der Waals surface area contributed by atoms with E-state index < -0.39 is 0 Å². The smallest absolute Gasteiger partial charge is 0.257 e. The fourth-order valence-corrected chi connectivity index (χ4v) is 1.94. The highest BCUT2D eigenvalue weighted by molar-refractivity contribution is 7.80. The van der Waals surface area contributed by atoms with Crippen LogP contribution in [0.3, 0.4) is 0 Å². The topological polar surface area (TPSA) is 64.3 Å². The fraction of sp³-hybridized carbons (Fsp3) is 0.467. The first kappa shape index (κ1) is 16.4. The third-order valence-corrected chi connectivity index (χ3v) is 3.08. The van der Waals surface area contributed by atoms with Crippen molar-refractivity contribution in [2.24, 2.45) is 5.73 Å². The van der Waals surface area contributed by atoms with Gasteiger partial charge in [0.15, 0.2) is 6.61 Å². The van der Waals surface area contributed by atoms with E-state index in [1.807, 2.05) is 12.1 Å². The molecular formula is C15H22N2O2S. The first-order chi connectivity index (χ1) is 9.65. The molecule has 1 amide bonds. The van der Waals surface area contributed by atoms with Crippen molar-refractivity contribution < 1.29 is 9.53 Å². The molecule has 110 valence electrons. The summed E-state index contributed by atoms with van der Waals surface area (Å²) in [6.07, 6.45) is 4.53. The summed E-state index contributed by atoms with van der Waals surface area (Å²) in [5.74, 6) is 0.417. The molecule has 0 saturated carbocycles. The van der Waals surface area contributed by atoms with Crippen LogP contribution in [-0.2, 0) is 4.79 Å². The van der Waals surface area contributed by atoms with Crippen molar-refractivity contribution in [3.63, 3.8) is 0 Å². The van der Waals surface area contributed by atoms with Gasteiger partial charge < -0.3 is 15.8 Å². The average molecular weight is 294 g/mol. The predicted molar refractivity (Wildman–Crippen MR) is 85.0 cm³/mol. The van der Waals surface area contributed by atoms with Crippen molar-refractivity contribution in [2.45, 2.75) is 32.6 Å². The Bertz CT molecular complexity index is 449. The SMILES string of the molecule is CCCCCCNC(=O)COc1ccccc1C(N)=S. The Kier molecular flexibility index (Phi) is 7.65. The van der Waals surface area contributed by atoms with Gasteiger partial charge in [-0.05, 0) is 18.6 Å². The highest BCUT2D eigenvalue weighted by Crippen LogP contribution is 2.17. The summed E-state index contributed by atoms with van der Waals surface area (Å²) in [5, 5.41) is 2.83. The predicted octanol–water partition coefficient (Wildman–Crippen LogP) is 2.40. The lowest BCUT2D eigenvalue weighted by Crippen LogP contribution is -2.30. The Labute approximate surface area is 125 Å². The van der Waals surface area contributed by atoms with Gasteiger partial charge in [0.1, 0.15) is 10.7 Å². The fourth-order valence-electron chi connectivity index (χ4n) is 1.77. The van der Waals surface area contributed by atoms with E-state index in [-0.39, 0.29) is 17.5 Å². The summed E-state index contributed by atoms with van der Waals surface area (Å²) in [6, 6.07) is 7.18. The maximum Gasteiger partial charge on any atom is 0.257 e. The Morgan fingerprint density at radius 2 is 2.05 bits per heavy atom. The molecule has 0 aliphatic rings. The molecule has 0 aromatic heterocycles. The standard InChI is InChI=1S/C15H22N2O2S/c1-2-3-4-7-10-17-14(18)11-19-13-9-6-5-8-12(13)15(16)20/h5-6,8-9H,2-4,7,10-11H2,1H3,(H2,16,20)(H,17,18). The molecule has 0 bridgehead atoms. The minimum Gasteiger partial charge on any atom is -0.483 e. The molecule has 0 spiro atoms. The van der Waals surface area contributed by atoms with E-state index in [9.17, 15) is 4.79 Å². The summed E-state index contributed by atoms with van der Waals surface area (Å²) < 4.78 is 5.46. The van der Waals surface area contributed by atoms with Gasteiger partial charge in [0.25, 0.3) is 5.91 Å². The van der Waals surface area contributed by atoms with Gasteiger partial charge in [-0.15, -0.1) is 0 Å². The van der Waals surface area contributed by atoms with Crippen molar-refractivity contribution in [1.29, 1.82) is 0 Å². The molecule has 20 heavy (non-hydrogen) atoms. The lowest BCUT2D eigenvalue weighted by Gasteiger charge is -2.10. The summed E-state index contributed by atoms with van der Waals surface area (Å²) >= 11 is 4.94. The number of benzene rings is 1. The number of hydrogen-bond acceptors (Lipinski definition) is 3. The minimum absolute atomic E-state index is 0.0204. The first-order valence-corrected chi connectivity index (χ1v) is 7.34. The second-order valence-electron chi connectivity index (χ2n) is 4.56. The van der Waals surface area contributed by atoms with Gasteiger partial charge in [0.05, 0.1) is 5.56 Å². The van der Waals surface area contributed by atoms with Gasteiger partial charge in [-0.1, -0.05) is 50.5 Å². The number of amides is 1. The molecule has 5 heteroatoms. The normalized spacial score (nSPS) is 10.1. The molecule has 1 rings (SSSR count). The Morgan fingerprint density at radius 3 is 2.75 bits per heavy atom. The summed E-state index contributed by atoms with van der Waals surface area (Å²) in [4.78, 5) is 11.9. The van der Waals surface area contributed by atoms with E-state index in [1.54, 1.807) is 12.1 Å². The van der Waals surface area contributed by atoms with Crippen LogP contribution in [0.15, 0.2) is 24.3 Å². The molecule has 3 N–H and O–H groups in total. The number of rotatable bonds is 9. The zero-order valence-electron chi connectivity index (χ0n) is 11.9. The van der Waals surface area contributed by atoms with Crippen LogP contribution in [0.4, 0.5) is 0 Å². The van der Waals surface area contributed by atoms with Crippen LogP contribution in [0.5, 0.6) is 5.75 Å². The molecule has 0 unspecified atom stereocenters. The van der Waals surface area contributed by atoms with Gasteiger partial charge in [-0.3, -0.25) is 4.79 Å². The van der Waals surface area contributed by atoms with Crippen molar-refractivity contribution in [3.8, 4) is 5.75 Å². The third-order valence-electron chi connectivity index (χ3n) is 2.86. The second-order valence-corrected chi connectivity index (χ2v) is 5.00. The van der Waals surface area contributed by atoms with Crippen LogP contribution in [0.25, 0.3) is 0 Å². The molecule has 0 atom stereocenters. The number of thiocarbonyl (C=S) groups is 1. The van der Waals surface area contributed by atoms with Crippen LogP contribution in [0, 0.1) is 0 Å². The van der Waals surface area contributed by atoms with Crippen LogP contribution in [0.2, 0.25) is 0 Å². The Hall–Kier alpha value is -1.62. The zero-order valence-corrected chi connectivity index (χ0v) is 12.7. The van der Waals surface area contributed by atoms with Crippen molar-refractivity contribution in [3.05, 3.63) is 29.8 Å². The number of unbranched alkanes of at least 4 members (excludes halogenated alkanes) is 3. The highest BCUT2D eigenvalue weighted by atomic mass is 32.1. The molecule has 0 heterocycles. The van der Waals surface area contributed by atoms with Gasteiger partial charge in [0, 0.05) is 6.54 Å². The molecule has 4 nitrogen and oxygen atoms in total. The molecule has 0 fully saturated rings. The number of hydrogen-bond donors (Lipinski definition) is 2. The molecule has 0 aliphatic heterocycles. The number of nitrogens with one attached hydrogen (secondary N) is 1. The van der Waals surface area contributed by atoms with E-state index in [0.29, 0.717) is 17.9 Å². The minimum atomic E-state index is -0.126. The average Bonchev–Trinajstić information content (AvgIpc) is 2.45. The largest absolute Gasteiger partial charge is 0.483 e. The quantitative estimate of drug-likeness (QED) is 0.542. The van der Waals surface area contributed by atoms with Crippen molar-refractivity contribution in [1.82, 2.24) is 5.32 Å². The van der Waals surface area contributed by atoms with Gasteiger partial charge >= 0.3 is 0 Å². The molecule has 1 aromatic carbocycles. The van der Waals surface area contributed by atoms with E-state index in [0.717, 1.165) is 12.8 Å². The van der Waals surface area contributed by atoms with E-state index in [2.05, 4.69) is 12.2 Å². The lowest BCUT2D eigenvalue weighted by molar-refractivity contribution is -0.123. The number of ether oxygens (including phenoxy) is 1.